The molecule has 1 aromatic rings. The van der Waals surface area contributed by atoms with Crippen molar-refractivity contribution in [2.24, 2.45) is 0 Å². The third-order valence-electron chi connectivity index (χ3n) is 2.68. The Bertz CT molecular complexity index is 432. The largest absolute Gasteiger partial charge is 0.496 e. The van der Waals surface area contributed by atoms with Gasteiger partial charge in [-0.05, 0) is 37.3 Å². The van der Waals surface area contributed by atoms with E-state index in [0.29, 0.717) is 6.61 Å². The quantitative estimate of drug-likeness (QED) is 0.837. The van der Waals surface area contributed by atoms with Crippen molar-refractivity contribution in [3.63, 3.8) is 0 Å². The van der Waals surface area contributed by atoms with Crippen LogP contribution in [-0.2, 0) is 4.74 Å². The van der Waals surface area contributed by atoms with Crippen molar-refractivity contribution in [3.8, 4) is 0 Å². The van der Waals surface area contributed by atoms with E-state index in [4.69, 9.17) is 4.74 Å². The van der Waals surface area contributed by atoms with Crippen LogP contribution in [0.3, 0.4) is 0 Å². The van der Waals surface area contributed by atoms with E-state index in [1.54, 1.807) is 0 Å². The molecular formula is C14H17NO. The summed E-state index contributed by atoms with van der Waals surface area (Å²) in [6.45, 7) is 5.62. The van der Waals surface area contributed by atoms with Crippen molar-refractivity contribution in [2.75, 3.05) is 13.2 Å². The van der Waals surface area contributed by atoms with Crippen LogP contribution in [0, 0.1) is 6.92 Å². The van der Waals surface area contributed by atoms with Crippen LogP contribution in [0.25, 0.3) is 5.57 Å². The monoisotopic (exact) mass is 215 g/mol. The van der Waals surface area contributed by atoms with Crippen molar-refractivity contribution in [1.29, 1.82) is 0 Å². The molecule has 0 aliphatic carbocycles. The van der Waals surface area contributed by atoms with Gasteiger partial charge in [0.2, 0.25) is 0 Å². The number of benzene rings is 1. The average Bonchev–Trinajstić information content (AvgIpc) is 2.31. The number of allylic oxidation sites excluding steroid dienone is 2. The van der Waals surface area contributed by atoms with Crippen LogP contribution < -0.4 is 5.32 Å². The molecule has 16 heavy (non-hydrogen) atoms. The normalized spacial score (nSPS) is 14.9. The summed E-state index contributed by atoms with van der Waals surface area (Å²) >= 11 is 0. The number of hydrogen-bond acceptors (Lipinski definition) is 2. The maximum absolute atomic E-state index is 5.67. The molecular weight excluding hydrogens is 198 g/mol. The van der Waals surface area contributed by atoms with Crippen molar-refractivity contribution >= 4 is 5.57 Å². The molecule has 0 fully saturated rings. The molecule has 2 heteroatoms. The van der Waals surface area contributed by atoms with E-state index in [0.717, 1.165) is 12.3 Å². The Morgan fingerprint density at radius 2 is 2.12 bits per heavy atom. The molecule has 2 nitrogen and oxygen atoms in total. The van der Waals surface area contributed by atoms with Gasteiger partial charge in [-0.25, -0.2) is 0 Å². The van der Waals surface area contributed by atoms with Gasteiger partial charge in [0.1, 0.15) is 5.76 Å². The molecule has 1 heterocycles. The number of ether oxygens (including phenoxy) is 1. The van der Waals surface area contributed by atoms with E-state index in [1.807, 2.05) is 13.1 Å². The van der Waals surface area contributed by atoms with Crippen LogP contribution in [0.15, 0.2) is 42.3 Å². The second-order valence-corrected chi connectivity index (χ2v) is 3.80. The zero-order valence-electron chi connectivity index (χ0n) is 9.79. The fourth-order valence-electron chi connectivity index (χ4n) is 1.90. The predicted octanol–water partition coefficient (Wildman–Crippen LogP) is 2.86. The lowest BCUT2D eigenvalue weighted by Crippen LogP contribution is -2.17. The fraction of sp³-hybridized carbons (Fsp3) is 0.286. The second-order valence-electron chi connectivity index (χ2n) is 3.80. The molecule has 2 rings (SSSR count). The highest BCUT2D eigenvalue weighted by molar-refractivity contribution is 5.78. The lowest BCUT2D eigenvalue weighted by atomic mass is 9.98. The van der Waals surface area contributed by atoms with Crippen molar-refractivity contribution < 1.29 is 4.74 Å². The predicted molar refractivity (Wildman–Crippen MR) is 66.9 cm³/mol. The van der Waals surface area contributed by atoms with Gasteiger partial charge in [-0.15, -0.1) is 0 Å². The van der Waals surface area contributed by atoms with Crippen molar-refractivity contribution in [1.82, 2.24) is 5.32 Å². The van der Waals surface area contributed by atoms with Gasteiger partial charge in [-0.1, -0.05) is 24.3 Å². The van der Waals surface area contributed by atoms with Gasteiger partial charge in [0.15, 0.2) is 0 Å². The van der Waals surface area contributed by atoms with E-state index >= 15 is 0 Å². The summed E-state index contributed by atoms with van der Waals surface area (Å²) in [6, 6.07) is 8.39. The zero-order chi connectivity index (χ0) is 11.4. The molecule has 0 aromatic heterocycles. The van der Waals surface area contributed by atoms with E-state index in [-0.39, 0.29) is 0 Å². The minimum Gasteiger partial charge on any atom is -0.496 e. The van der Waals surface area contributed by atoms with Gasteiger partial charge in [-0.2, -0.15) is 0 Å². The first-order valence-corrected chi connectivity index (χ1v) is 5.65. The Morgan fingerprint density at radius 1 is 1.31 bits per heavy atom. The molecule has 0 radical (unpaired) electrons. The molecule has 0 unspecified atom stereocenters. The van der Waals surface area contributed by atoms with Gasteiger partial charge >= 0.3 is 0 Å². The van der Waals surface area contributed by atoms with Gasteiger partial charge in [0.25, 0.3) is 0 Å². The number of nitrogens with one attached hydrogen (secondary N) is 1. The van der Waals surface area contributed by atoms with Crippen molar-refractivity contribution in [3.05, 3.63) is 53.4 Å². The van der Waals surface area contributed by atoms with Crippen molar-refractivity contribution in [2.45, 2.75) is 13.8 Å². The number of rotatable bonds is 3. The standard InChI is InChI=1S/C14H17NO/c1-3-16-14-10-15-9-8-13(14)12-7-5-4-6-11(12)2/h4-9,15H,3,10H2,1-2H3. The van der Waals surface area contributed by atoms with Gasteiger partial charge in [-0.3, -0.25) is 0 Å². The Kier molecular flexibility index (Phi) is 3.30. The topological polar surface area (TPSA) is 21.3 Å². The summed E-state index contributed by atoms with van der Waals surface area (Å²) < 4.78 is 5.67. The second kappa shape index (κ2) is 4.88. The summed E-state index contributed by atoms with van der Waals surface area (Å²) in [5.41, 5.74) is 3.73. The molecule has 84 valence electrons. The maximum Gasteiger partial charge on any atom is 0.123 e. The Labute approximate surface area is 96.6 Å². The third-order valence-corrected chi connectivity index (χ3v) is 2.68. The average molecular weight is 215 g/mol. The lowest BCUT2D eigenvalue weighted by Gasteiger charge is -2.18. The van der Waals surface area contributed by atoms with Crippen LogP contribution >= 0.6 is 0 Å². The van der Waals surface area contributed by atoms with Gasteiger partial charge < -0.3 is 10.1 Å². The number of aryl methyl sites for hydroxylation is 1. The number of hydrogen-bond donors (Lipinski definition) is 1. The van der Waals surface area contributed by atoms with Crippen LogP contribution in [-0.4, -0.2) is 13.2 Å². The summed E-state index contributed by atoms with van der Waals surface area (Å²) in [6.07, 6.45) is 4.06. The molecule has 0 bridgehead atoms. The van der Waals surface area contributed by atoms with Crippen LogP contribution in [0.4, 0.5) is 0 Å². The SMILES string of the molecule is CCOC1=C(c2ccccc2C)C=CNC1. The van der Waals surface area contributed by atoms with Crippen LogP contribution in [0.5, 0.6) is 0 Å². The first kappa shape index (κ1) is 10.8. The van der Waals surface area contributed by atoms with E-state index < -0.39 is 0 Å². The third kappa shape index (κ3) is 2.11. The number of dihydropyridines is 1. The molecule has 0 amide bonds. The molecule has 1 aliphatic rings. The fourth-order valence-corrected chi connectivity index (χ4v) is 1.90. The first-order chi connectivity index (χ1) is 7.83. The highest BCUT2D eigenvalue weighted by atomic mass is 16.5. The van der Waals surface area contributed by atoms with Crippen LogP contribution in [0.1, 0.15) is 18.1 Å². The van der Waals surface area contributed by atoms with E-state index in [1.165, 1.54) is 16.7 Å². The summed E-state index contributed by atoms with van der Waals surface area (Å²) in [5, 5.41) is 3.18. The molecule has 0 saturated heterocycles. The Balaban J connectivity index is 2.44. The molecule has 0 spiro atoms. The summed E-state index contributed by atoms with van der Waals surface area (Å²) in [5.74, 6) is 1.03. The van der Waals surface area contributed by atoms with Gasteiger partial charge in [0, 0.05) is 5.57 Å². The summed E-state index contributed by atoms with van der Waals surface area (Å²) in [7, 11) is 0. The molecule has 0 saturated carbocycles. The minimum absolute atomic E-state index is 0.709. The zero-order valence-corrected chi connectivity index (χ0v) is 9.79. The lowest BCUT2D eigenvalue weighted by molar-refractivity contribution is 0.224. The van der Waals surface area contributed by atoms with Crippen LogP contribution in [0.2, 0.25) is 0 Å². The molecule has 1 aliphatic heterocycles. The van der Waals surface area contributed by atoms with Gasteiger partial charge in [0.05, 0.1) is 13.2 Å². The maximum atomic E-state index is 5.67. The minimum atomic E-state index is 0.709. The molecule has 1 aromatic carbocycles. The summed E-state index contributed by atoms with van der Waals surface area (Å²) in [4.78, 5) is 0. The van der Waals surface area contributed by atoms with E-state index in [2.05, 4.69) is 42.6 Å². The smallest absolute Gasteiger partial charge is 0.123 e. The first-order valence-electron chi connectivity index (χ1n) is 5.65. The highest BCUT2D eigenvalue weighted by Crippen LogP contribution is 2.25. The Hall–Kier alpha value is -1.70. The highest BCUT2D eigenvalue weighted by Gasteiger charge is 2.12. The Morgan fingerprint density at radius 3 is 2.88 bits per heavy atom. The molecule has 1 N–H and O–H groups in total. The van der Waals surface area contributed by atoms with E-state index in [9.17, 15) is 0 Å². The molecule has 0 atom stereocenters.